The number of aliphatic hydroxyl groups is 1. The van der Waals surface area contributed by atoms with Gasteiger partial charge in [-0.05, 0) is 48.7 Å². The zero-order valence-corrected chi connectivity index (χ0v) is 16.3. The average molecular weight is 394 g/mol. The van der Waals surface area contributed by atoms with Crippen molar-refractivity contribution in [3.05, 3.63) is 102 Å². The molecule has 3 aromatic rings. The third-order valence-electron chi connectivity index (χ3n) is 4.25. The van der Waals surface area contributed by atoms with Crippen LogP contribution in [0.2, 0.25) is 0 Å². The van der Waals surface area contributed by atoms with E-state index in [1.165, 1.54) is 12.1 Å². The Morgan fingerprint density at radius 2 is 1.57 bits per heavy atom. The van der Waals surface area contributed by atoms with Gasteiger partial charge in [-0.1, -0.05) is 72.3 Å². The van der Waals surface area contributed by atoms with E-state index >= 15 is 0 Å². The first-order valence-electron chi connectivity index (χ1n) is 8.95. The minimum absolute atomic E-state index is 0.105. The van der Waals surface area contributed by atoms with Crippen LogP contribution >= 0.6 is 0 Å². The lowest BCUT2D eigenvalue weighted by Gasteiger charge is -2.11. The summed E-state index contributed by atoms with van der Waals surface area (Å²) in [4.78, 5) is 0.105. The molecule has 0 heterocycles. The summed E-state index contributed by atoms with van der Waals surface area (Å²) < 4.78 is 29.8. The maximum Gasteiger partial charge on any atom is 0.339 e. The highest BCUT2D eigenvalue weighted by Gasteiger charge is 2.16. The number of hydrogen-bond acceptors (Lipinski definition) is 4. The quantitative estimate of drug-likeness (QED) is 0.579. The van der Waals surface area contributed by atoms with Gasteiger partial charge >= 0.3 is 10.1 Å². The predicted octanol–water partition coefficient (Wildman–Crippen LogP) is 4.90. The molecule has 5 heteroatoms. The van der Waals surface area contributed by atoms with E-state index in [-0.39, 0.29) is 10.6 Å². The van der Waals surface area contributed by atoms with Crippen LogP contribution in [0.3, 0.4) is 0 Å². The normalized spacial score (nSPS) is 12.8. The molecule has 0 aromatic heterocycles. The van der Waals surface area contributed by atoms with Crippen LogP contribution in [0.5, 0.6) is 5.75 Å². The van der Waals surface area contributed by atoms with Crippen molar-refractivity contribution in [3.8, 4) is 5.75 Å². The Balaban J connectivity index is 1.62. The summed E-state index contributed by atoms with van der Waals surface area (Å²) >= 11 is 0. The Labute approximate surface area is 165 Å². The van der Waals surface area contributed by atoms with Gasteiger partial charge in [0.1, 0.15) is 10.6 Å². The lowest BCUT2D eigenvalue weighted by atomic mass is 10.1. The largest absolute Gasteiger partial charge is 0.388 e. The van der Waals surface area contributed by atoms with Crippen LogP contribution in [-0.2, 0) is 10.1 Å². The van der Waals surface area contributed by atoms with Crippen molar-refractivity contribution in [2.24, 2.45) is 0 Å². The summed E-state index contributed by atoms with van der Waals surface area (Å²) in [5.74, 6) is 0.205. The molecule has 1 unspecified atom stereocenters. The molecule has 0 bridgehead atoms. The van der Waals surface area contributed by atoms with Crippen molar-refractivity contribution in [1.82, 2.24) is 0 Å². The Morgan fingerprint density at radius 1 is 0.929 bits per heavy atom. The fourth-order valence-electron chi connectivity index (χ4n) is 2.66. The summed E-state index contributed by atoms with van der Waals surface area (Å²) in [6.07, 6.45) is 3.64. The first kappa shape index (κ1) is 19.9. The Morgan fingerprint density at radius 3 is 2.21 bits per heavy atom. The lowest BCUT2D eigenvalue weighted by Crippen LogP contribution is -2.09. The van der Waals surface area contributed by atoms with Gasteiger partial charge in [0.25, 0.3) is 0 Å². The highest BCUT2D eigenvalue weighted by atomic mass is 32.2. The van der Waals surface area contributed by atoms with Gasteiger partial charge in [0, 0.05) is 0 Å². The molecule has 0 aliphatic rings. The van der Waals surface area contributed by atoms with E-state index in [1.54, 1.807) is 36.4 Å². The Hall–Kier alpha value is -2.89. The van der Waals surface area contributed by atoms with E-state index < -0.39 is 16.2 Å². The van der Waals surface area contributed by atoms with Gasteiger partial charge in [0.2, 0.25) is 0 Å². The number of aryl methyl sites for hydroxylation is 1. The van der Waals surface area contributed by atoms with Crippen LogP contribution in [0.25, 0.3) is 6.08 Å². The third-order valence-corrected chi connectivity index (χ3v) is 5.51. The van der Waals surface area contributed by atoms with Crippen molar-refractivity contribution in [2.75, 3.05) is 0 Å². The summed E-state index contributed by atoms with van der Waals surface area (Å²) in [7, 11) is -3.88. The van der Waals surface area contributed by atoms with Crippen molar-refractivity contribution >= 4 is 16.2 Å². The molecule has 0 amide bonds. The second-order valence-electron chi connectivity index (χ2n) is 6.48. The molecule has 0 fully saturated rings. The molecule has 0 saturated carbocycles. The van der Waals surface area contributed by atoms with E-state index in [0.29, 0.717) is 12.0 Å². The van der Waals surface area contributed by atoms with Crippen LogP contribution in [0.15, 0.2) is 89.8 Å². The molecule has 28 heavy (non-hydrogen) atoms. The second-order valence-corrected chi connectivity index (χ2v) is 8.03. The summed E-state index contributed by atoms with van der Waals surface area (Å²) in [6.45, 7) is 1.89. The second kappa shape index (κ2) is 8.87. The van der Waals surface area contributed by atoms with Gasteiger partial charge in [0.15, 0.2) is 0 Å². The van der Waals surface area contributed by atoms with Crippen molar-refractivity contribution < 1.29 is 17.7 Å². The highest BCUT2D eigenvalue weighted by Crippen LogP contribution is 2.23. The van der Waals surface area contributed by atoms with E-state index in [9.17, 15) is 13.5 Å². The smallest absolute Gasteiger partial charge is 0.339 e. The highest BCUT2D eigenvalue weighted by molar-refractivity contribution is 7.87. The van der Waals surface area contributed by atoms with E-state index in [1.807, 2.05) is 49.4 Å². The Bertz CT molecular complexity index is 1020. The van der Waals surface area contributed by atoms with Crippen LogP contribution in [0.1, 0.15) is 29.2 Å². The molecule has 0 radical (unpaired) electrons. The fraction of sp³-hybridized carbons (Fsp3) is 0.130. The number of benzene rings is 3. The van der Waals surface area contributed by atoms with Gasteiger partial charge in [-0.3, -0.25) is 0 Å². The standard InChI is InChI=1S/C23H22O4S/c1-18-10-16-22(17-11-18)28(25,26)27-21-14-12-20(13-15-21)23(24)9-5-8-19-6-3-2-4-7-19/h2-8,10-17,23-24H,9H2,1H3/b8-5-. The summed E-state index contributed by atoms with van der Waals surface area (Å²) in [6, 6.07) is 22.8. The van der Waals surface area contributed by atoms with Crippen LogP contribution < -0.4 is 4.18 Å². The van der Waals surface area contributed by atoms with E-state index in [2.05, 4.69) is 0 Å². The van der Waals surface area contributed by atoms with Crippen LogP contribution in [0.4, 0.5) is 0 Å². The number of rotatable bonds is 7. The van der Waals surface area contributed by atoms with Gasteiger partial charge in [-0.2, -0.15) is 8.42 Å². The maximum absolute atomic E-state index is 12.3. The maximum atomic E-state index is 12.3. The molecule has 1 N–H and O–H groups in total. The average Bonchev–Trinajstić information content (AvgIpc) is 2.69. The molecule has 3 rings (SSSR count). The molecule has 3 aromatic carbocycles. The van der Waals surface area contributed by atoms with E-state index in [0.717, 1.165) is 11.1 Å². The molecule has 144 valence electrons. The number of hydrogen-bond donors (Lipinski definition) is 1. The lowest BCUT2D eigenvalue weighted by molar-refractivity contribution is 0.181. The van der Waals surface area contributed by atoms with Gasteiger partial charge < -0.3 is 9.29 Å². The summed E-state index contributed by atoms with van der Waals surface area (Å²) in [5.41, 5.74) is 2.73. The third kappa shape index (κ3) is 5.31. The molecular weight excluding hydrogens is 372 g/mol. The zero-order chi connectivity index (χ0) is 20.0. The monoisotopic (exact) mass is 394 g/mol. The molecule has 0 saturated heterocycles. The first-order valence-corrected chi connectivity index (χ1v) is 10.4. The van der Waals surface area contributed by atoms with Gasteiger partial charge in [0.05, 0.1) is 6.10 Å². The van der Waals surface area contributed by atoms with Crippen LogP contribution in [0, 0.1) is 6.92 Å². The SMILES string of the molecule is Cc1ccc(S(=O)(=O)Oc2ccc(C(O)C/C=C\c3ccccc3)cc2)cc1. The zero-order valence-electron chi connectivity index (χ0n) is 15.5. The van der Waals surface area contributed by atoms with E-state index in [4.69, 9.17) is 4.18 Å². The minimum Gasteiger partial charge on any atom is -0.388 e. The first-order chi connectivity index (χ1) is 13.4. The Kier molecular flexibility index (Phi) is 6.29. The molecule has 0 spiro atoms. The fourth-order valence-corrected chi connectivity index (χ4v) is 3.59. The summed E-state index contributed by atoms with van der Waals surface area (Å²) in [5, 5.41) is 10.3. The van der Waals surface area contributed by atoms with Crippen molar-refractivity contribution in [1.29, 1.82) is 0 Å². The van der Waals surface area contributed by atoms with Gasteiger partial charge in [-0.25, -0.2) is 0 Å². The topological polar surface area (TPSA) is 63.6 Å². The molecule has 0 aliphatic heterocycles. The van der Waals surface area contributed by atoms with Crippen molar-refractivity contribution in [2.45, 2.75) is 24.3 Å². The number of aliphatic hydroxyl groups excluding tert-OH is 1. The molecule has 1 atom stereocenters. The predicted molar refractivity (Wildman–Crippen MR) is 110 cm³/mol. The minimum atomic E-state index is -3.88. The molecular formula is C23H22O4S. The van der Waals surface area contributed by atoms with Crippen molar-refractivity contribution in [3.63, 3.8) is 0 Å². The van der Waals surface area contributed by atoms with Gasteiger partial charge in [-0.15, -0.1) is 0 Å². The van der Waals surface area contributed by atoms with Crippen LogP contribution in [-0.4, -0.2) is 13.5 Å². The molecule has 0 aliphatic carbocycles. The molecule has 4 nitrogen and oxygen atoms in total.